The first kappa shape index (κ1) is 13.1. The molecule has 1 saturated carbocycles. The first-order valence-electron chi connectivity index (χ1n) is 6.45. The van der Waals surface area contributed by atoms with Crippen molar-refractivity contribution in [2.24, 2.45) is 7.05 Å². The summed E-state index contributed by atoms with van der Waals surface area (Å²) in [5.74, 6) is 0.981. The van der Waals surface area contributed by atoms with Crippen molar-refractivity contribution in [2.45, 2.75) is 45.4 Å². The van der Waals surface area contributed by atoms with E-state index in [2.05, 4.69) is 4.98 Å². The van der Waals surface area contributed by atoms with E-state index in [4.69, 9.17) is 4.74 Å². The Morgan fingerprint density at radius 2 is 2.33 bits per heavy atom. The molecule has 0 atom stereocenters. The molecule has 0 radical (unpaired) electrons. The number of amides is 1. The van der Waals surface area contributed by atoms with Gasteiger partial charge in [-0.2, -0.15) is 0 Å². The largest absolute Gasteiger partial charge is 0.369 e. The third-order valence-electron chi connectivity index (χ3n) is 3.08. The van der Waals surface area contributed by atoms with E-state index < -0.39 is 0 Å². The van der Waals surface area contributed by atoms with Crippen LogP contribution in [0.15, 0.2) is 12.4 Å². The van der Waals surface area contributed by atoms with Crippen LogP contribution in [-0.4, -0.2) is 39.1 Å². The molecule has 0 N–H and O–H groups in total. The van der Waals surface area contributed by atoms with E-state index in [1.165, 1.54) is 0 Å². The number of carbonyl (C=O) groups excluding carboxylic acids is 1. The Balaban J connectivity index is 1.96. The van der Waals surface area contributed by atoms with Gasteiger partial charge in [-0.25, -0.2) is 4.98 Å². The average Bonchev–Trinajstić information content (AvgIpc) is 3.08. The second-order valence-electron chi connectivity index (χ2n) is 5.07. The lowest BCUT2D eigenvalue weighted by atomic mass is 10.4. The first-order chi connectivity index (χ1) is 8.58. The zero-order valence-electron chi connectivity index (χ0n) is 11.3. The second kappa shape index (κ2) is 5.52. The molecule has 100 valence electrons. The van der Waals surface area contributed by atoms with Crippen LogP contribution in [0.1, 0.15) is 32.5 Å². The maximum atomic E-state index is 12.1. The van der Waals surface area contributed by atoms with E-state index >= 15 is 0 Å². The molecular formula is C13H21N3O2. The number of aromatic nitrogens is 2. The molecule has 2 rings (SSSR count). The topological polar surface area (TPSA) is 47.4 Å². The Hall–Kier alpha value is -1.36. The fraction of sp³-hybridized carbons (Fsp3) is 0.692. The van der Waals surface area contributed by atoms with Crippen LogP contribution in [0.2, 0.25) is 0 Å². The number of rotatable bonds is 6. The molecule has 0 aliphatic heterocycles. The highest BCUT2D eigenvalue weighted by Crippen LogP contribution is 2.28. The van der Waals surface area contributed by atoms with Crippen LogP contribution >= 0.6 is 0 Å². The van der Waals surface area contributed by atoms with Gasteiger partial charge in [-0.1, -0.05) is 0 Å². The summed E-state index contributed by atoms with van der Waals surface area (Å²) in [6, 6.07) is 0.380. The van der Waals surface area contributed by atoms with E-state index in [0.29, 0.717) is 12.6 Å². The Morgan fingerprint density at radius 3 is 2.83 bits per heavy atom. The van der Waals surface area contributed by atoms with Gasteiger partial charge < -0.3 is 14.2 Å². The molecule has 0 aromatic carbocycles. The number of hydrogen-bond acceptors (Lipinski definition) is 3. The zero-order chi connectivity index (χ0) is 13.1. The Morgan fingerprint density at radius 1 is 1.61 bits per heavy atom. The lowest BCUT2D eigenvalue weighted by Crippen LogP contribution is -2.36. The van der Waals surface area contributed by atoms with Crippen LogP contribution in [0.25, 0.3) is 0 Å². The third-order valence-corrected chi connectivity index (χ3v) is 3.08. The highest BCUT2D eigenvalue weighted by atomic mass is 16.5. The van der Waals surface area contributed by atoms with Crippen molar-refractivity contribution in [3.8, 4) is 0 Å². The predicted octanol–water partition coefficient (Wildman–Crippen LogP) is 1.34. The minimum Gasteiger partial charge on any atom is -0.369 e. The van der Waals surface area contributed by atoms with Crippen molar-refractivity contribution in [1.82, 2.24) is 14.5 Å². The Labute approximate surface area is 108 Å². The number of hydrogen-bond donors (Lipinski definition) is 0. The Bertz CT molecular complexity index is 410. The highest BCUT2D eigenvalue weighted by Gasteiger charge is 2.33. The number of nitrogens with zero attached hydrogens (tertiary/aromatic N) is 3. The van der Waals surface area contributed by atoms with Gasteiger partial charge in [0.2, 0.25) is 5.91 Å². The summed E-state index contributed by atoms with van der Waals surface area (Å²) in [6.45, 7) is 4.62. The molecule has 1 aromatic heterocycles. The molecule has 0 saturated heterocycles. The van der Waals surface area contributed by atoms with Gasteiger partial charge in [-0.05, 0) is 26.7 Å². The predicted molar refractivity (Wildman–Crippen MR) is 67.9 cm³/mol. The van der Waals surface area contributed by atoms with Gasteiger partial charge in [0.15, 0.2) is 0 Å². The standard InChI is InChI=1S/C13H21N3O2/c1-10(2)18-9-13(17)16(11-4-5-11)8-12-14-6-7-15(12)3/h6-7,10-11H,4-5,8-9H2,1-3H3. The van der Waals surface area contributed by atoms with E-state index in [1.54, 1.807) is 6.20 Å². The molecular weight excluding hydrogens is 230 g/mol. The lowest BCUT2D eigenvalue weighted by Gasteiger charge is -2.22. The molecule has 1 amide bonds. The van der Waals surface area contributed by atoms with Crippen LogP contribution in [0.5, 0.6) is 0 Å². The summed E-state index contributed by atoms with van der Waals surface area (Å²) in [5.41, 5.74) is 0. The summed E-state index contributed by atoms with van der Waals surface area (Å²) in [4.78, 5) is 18.3. The van der Waals surface area contributed by atoms with E-state index in [1.807, 2.05) is 36.6 Å². The molecule has 1 fully saturated rings. The fourth-order valence-electron chi connectivity index (χ4n) is 1.83. The van der Waals surface area contributed by atoms with Gasteiger partial charge in [0, 0.05) is 25.5 Å². The van der Waals surface area contributed by atoms with Gasteiger partial charge in [0.25, 0.3) is 0 Å². The molecule has 1 aliphatic rings. The normalized spacial score (nSPS) is 15.1. The molecule has 5 nitrogen and oxygen atoms in total. The van der Waals surface area contributed by atoms with Gasteiger partial charge in [-0.3, -0.25) is 4.79 Å². The van der Waals surface area contributed by atoms with Gasteiger partial charge in [-0.15, -0.1) is 0 Å². The van der Waals surface area contributed by atoms with Crippen LogP contribution in [0.3, 0.4) is 0 Å². The molecule has 0 unspecified atom stereocenters. The van der Waals surface area contributed by atoms with Crippen LogP contribution in [0.4, 0.5) is 0 Å². The van der Waals surface area contributed by atoms with Crippen molar-refractivity contribution < 1.29 is 9.53 Å². The molecule has 1 aromatic rings. The van der Waals surface area contributed by atoms with Crippen LogP contribution in [0, 0.1) is 0 Å². The smallest absolute Gasteiger partial charge is 0.249 e. The van der Waals surface area contributed by atoms with E-state index in [0.717, 1.165) is 18.7 Å². The molecule has 18 heavy (non-hydrogen) atoms. The van der Waals surface area contributed by atoms with E-state index in [9.17, 15) is 4.79 Å². The maximum absolute atomic E-state index is 12.1. The minimum absolute atomic E-state index is 0.0641. The van der Waals surface area contributed by atoms with E-state index in [-0.39, 0.29) is 18.6 Å². The molecule has 0 bridgehead atoms. The molecule has 1 heterocycles. The van der Waals surface area contributed by atoms with Gasteiger partial charge in [0.05, 0.1) is 12.6 Å². The Kier molecular flexibility index (Phi) is 4.01. The second-order valence-corrected chi connectivity index (χ2v) is 5.07. The third kappa shape index (κ3) is 3.32. The molecule has 5 heteroatoms. The monoisotopic (exact) mass is 251 g/mol. The number of imidazole rings is 1. The van der Waals surface area contributed by atoms with Crippen molar-refractivity contribution in [3.63, 3.8) is 0 Å². The summed E-state index contributed by atoms with van der Waals surface area (Å²) < 4.78 is 7.34. The van der Waals surface area contributed by atoms with Crippen molar-refractivity contribution in [3.05, 3.63) is 18.2 Å². The average molecular weight is 251 g/mol. The SMILES string of the molecule is CC(C)OCC(=O)N(Cc1nccn1C)C1CC1. The summed E-state index contributed by atoms with van der Waals surface area (Å²) in [7, 11) is 1.95. The summed E-state index contributed by atoms with van der Waals surface area (Å²) in [6.07, 6.45) is 5.93. The van der Waals surface area contributed by atoms with Gasteiger partial charge in [0.1, 0.15) is 12.4 Å². The van der Waals surface area contributed by atoms with Crippen LogP contribution < -0.4 is 0 Å². The molecule has 0 spiro atoms. The fourth-order valence-corrected chi connectivity index (χ4v) is 1.83. The van der Waals surface area contributed by atoms with Crippen molar-refractivity contribution >= 4 is 5.91 Å². The highest BCUT2D eigenvalue weighted by molar-refractivity contribution is 5.78. The molecule has 1 aliphatic carbocycles. The number of aryl methyl sites for hydroxylation is 1. The van der Waals surface area contributed by atoms with Crippen LogP contribution in [-0.2, 0) is 23.1 Å². The lowest BCUT2D eigenvalue weighted by molar-refractivity contribution is -0.139. The first-order valence-corrected chi connectivity index (χ1v) is 6.45. The summed E-state index contributed by atoms with van der Waals surface area (Å²) in [5, 5.41) is 0. The number of ether oxygens (including phenoxy) is 1. The van der Waals surface area contributed by atoms with Gasteiger partial charge >= 0.3 is 0 Å². The minimum atomic E-state index is 0.0641. The maximum Gasteiger partial charge on any atom is 0.249 e. The number of carbonyl (C=O) groups is 1. The summed E-state index contributed by atoms with van der Waals surface area (Å²) >= 11 is 0. The quantitative estimate of drug-likeness (QED) is 0.766. The zero-order valence-corrected chi connectivity index (χ0v) is 11.3. The van der Waals surface area contributed by atoms with Crippen molar-refractivity contribution in [2.75, 3.05) is 6.61 Å². The van der Waals surface area contributed by atoms with Crippen molar-refractivity contribution in [1.29, 1.82) is 0 Å².